The third-order valence-corrected chi connectivity index (χ3v) is 3.52. The van der Waals surface area contributed by atoms with Gasteiger partial charge in [0.15, 0.2) is 6.61 Å². The summed E-state index contributed by atoms with van der Waals surface area (Å²) in [6.07, 6.45) is 0.590. The van der Waals surface area contributed by atoms with E-state index in [1.54, 1.807) is 6.92 Å². The summed E-state index contributed by atoms with van der Waals surface area (Å²) >= 11 is 0. The molecule has 1 aromatic carbocycles. The van der Waals surface area contributed by atoms with Crippen molar-refractivity contribution in [3.63, 3.8) is 0 Å². The van der Waals surface area contributed by atoms with Gasteiger partial charge >= 0.3 is 5.97 Å². The molecule has 0 saturated carbocycles. The van der Waals surface area contributed by atoms with E-state index in [1.165, 1.54) is 4.90 Å². The second-order valence-electron chi connectivity index (χ2n) is 5.57. The van der Waals surface area contributed by atoms with Gasteiger partial charge in [-0.15, -0.1) is 0 Å². The van der Waals surface area contributed by atoms with Crippen molar-refractivity contribution in [2.24, 2.45) is 0 Å². The van der Waals surface area contributed by atoms with Gasteiger partial charge in [0.2, 0.25) is 0 Å². The highest BCUT2D eigenvalue weighted by molar-refractivity contribution is 5.78. The van der Waals surface area contributed by atoms with Gasteiger partial charge < -0.3 is 19.5 Å². The van der Waals surface area contributed by atoms with E-state index in [9.17, 15) is 9.59 Å². The normalized spacial score (nSPS) is 10.3. The van der Waals surface area contributed by atoms with Crippen LogP contribution in [-0.4, -0.2) is 54.8 Å². The number of aliphatic hydroxyl groups is 1. The van der Waals surface area contributed by atoms with Gasteiger partial charge in [-0.1, -0.05) is 12.1 Å². The highest BCUT2D eigenvalue weighted by Crippen LogP contribution is 2.19. The van der Waals surface area contributed by atoms with Gasteiger partial charge in [-0.2, -0.15) is 0 Å². The largest absolute Gasteiger partial charge is 0.483 e. The smallest absolute Gasteiger partial charge is 0.307 e. The van der Waals surface area contributed by atoms with E-state index in [2.05, 4.69) is 0 Å². The molecule has 0 heterocycles. The number of ether oxygens (including phenoxy) is 2. The Hall–Kier alpha value is -2.08. The van der Waals surface area contributed by atoms with Crippen LogP contribution >= 0.6 is 0 Å². The molecule has 0 aliphatic carbocycles. The number of carbonyl (C=O) groups is 2. The lowest BCUT2D eigenvalue weighted by molar-refractivity contribution is -0.144. The van der Waals surface area contributed by atoms with Crippen LogP contribution in [0, 0.1) is 13.8 Å². The van der Waals surface area contributed by atoms with Gasteiger partial charge in [0.1, 0.15) is 5.75 Å². The second kappa shape index (κ2) is 10.6. The summed E-state index contributed by atoms with van der Waals surface area (Å²) in [5.41, 5.74) is 2.02. The molecule has 24 heavy (non-hydrogen) atoms. The molecule has 134 valence electrons. The number of aryl methyl sites for hydroxylation is 2. The number of amides is 1. The minimum atomic E-state index is -0.338. The van der Waals surface area contributed by atoms with Crippen molar-refractivity contribution in [3.05, 3.63) is 29.3 Å². The Morgan fingerprint density at radius 2 is 1.96 bits per heavy atom. The average molecular weight is 337 g/mol. The quantitative estimate of drug-likeness (QED) is 0.659. The first kappa shape index (κ1) is 20.0. The van der Waals surface area contributed by atoms with Gasteiger partial charge in [0.05, 0.1) is 13.0 Å². The van der Waals surface area contributed by atoms with Crippen LogP contribution in [-0.2, 0) is 14.3 Å². The van der Waals surface area contributed by atoms with Crippen LogP contribution in [0.5, 0.6) is 5.75 Å². The summed E-state index contributed by atoms with van der Waals surface area (Å²) in [6.45, 7) is 6.46. The Morgan fingerprint density at radius 1 is 1.21 bits per heavy atom. The number of esters is 1. The Morgan fingerprint density at radius 3 is 2.62 bits per heavy atom. The summed E-state index contributed by atoms with van der Waals surface area (Å²) in [5.74, 6) is 0.124. The Labute approximate surface area is 143 Å². The van der Waals surface area contributed by atoms with Gasteiger partial charge in [-0.3, -0.25) is 9.59 Å². The van der Waals surface area contributed by atoms with Crippen LogP contribution in [0.3, 0.4) is 0 Å². The Kier molecular flexibility index (Phi) is 8.86. The van der Waals surface area contributed by atoms with E-state index >= 15 is 0 Å². The van der Waals surface area contributed by atoms with Crippen LogP contribution in [0.4, 0.5) is 0 Å². The average Bonchev–Trinajstić information content (AvgIpc) is 2.55. The molecule has 0 aliphatic rings. The number of hydrogen-bond acceptors (Lipinski definition) is 5. The van der Waals surface area contributed by atoms with E-state index in [0.29, 0.717) is 25.3 Å². The first-order valence-electron chi connectivity index (χ1n) is 8.22. The summed E-state index contributed by atoms with van der Waals surface area (Å²) in [6, 6.07) is 5.82. The second-order valence-corrected chi connectivity index (χ2v) is 5.57. The van der Waals surface area contributed by atoms with Crippen molar-refractivity contribution in [2.75, 3.05) is 32.9 Å². The van der Waals surface area contributed by atoms with Crippen molar-refractivity contribution in [2.45, 2.75) is 33.6 Å². The maximum absolute atomic E-state index is 12.4. The predicted molar refractivity (Wildman–Crippen MR) is 90.9 cm³/mol. The molecule has 1 amide bonds. The molecular weight excluding hydrogens is 310 g/mol. The number of aliphatic hydroxyl groups excluding tert-OH is 1. The van der Waals surface area contributed by atoms with E-state index in [4.69, 9.17) is 14.6 Å². The minimum absolute atomic E-state index is 0.0129. The monoisotopic (exact) mass is 337 g/mol. The first-order chi connectivity index (χ1) is 11.5. The van der Waals surface area contributed by atoms with Gasteiger partial charge in [-0.25, -0.2) is 0 Å². The fourth-order valence-electron chi connectivity index (χ4n) is 2.18. The number of nitrogens with zero attached hydrogens (tertiary/aromatic N) is 1. The highest BCUT2D eigenvalue weighted by Gasteiger charge is 2.16. The van der Waals surface area contributed by atoms with Crippen LogP contribution in [0.1, 0.15) is 30.9 Å². The predicted octanol–water partition coefficient (Wildman–Crippen LogP) is 1.85. The highest BCUT2D eigenvalue weighted by atomic mass is 16.5. The molecule has 1 aromatic rings. The SMILES string of the molecule is CCOC(=O)CCN(CCCO)C(=O)COc1cc(C)ccc1C. The van der Waals surface area contributed by atoms with Crippen molar-refractivity contribution in [1.82, 2.24) is 4.90 Å². The fourth-order valence-corrected chi connectivity index (χ4v) is 2.18. The Balaban J connectivity index is 2.59. The third-order valence-electron chi connectivity index (χ3n) is 3.52. The summed E-state index contributed by atoms with van der Waals surface area (Å²) < 4.78 is 10.5. The van der Waals surface area contributed by atoms with Crippen LogP contribution in [0.25, 0.3) is 0 Å². The molecule has 0 spiro atoms. The van der Waals surface area contributed by atoms with Crippen molar-refractivity contribution in [1.29, 1.82) is 0 Å². The van der Waals surface area contributed by atoms with E-state index in [1.807, 2.05) is 32.0 Å². The molecule has 0 unspecified atom stereocenters. The number of carbonyl (C=O) groups excluding carboxylic acids is 2. The molecule has 0 aliphatic heterocycles. The van der Waals surface area contributed by atoms with Gasteiger partial charge in [0.25, 0.3) is 5.91 Å². The zero-order chi connectivity index (χ0) is 17.9. The number of rotatable bonds is 10. The van der Waals surface area contributed by atoms with Gasteiger partial charge in [-0.05, 0) is 44.4 Å². The summed E-state index contributed by atoms with van der Waals surface area (Å²) in [5, 5.41) is 8.97. The molecule has 0 atom stereocenters. The zero-order valence-electron chi connectivity index (χ0n) is 14.7. The molecule has 0 bridgehead atoms. The molecular formula is C18H27NO5. The maximum atomic E-state index is 12.4. The lowest BCUT2D eigenvalue weighted by Gasteiger charge is -2.22. The van der Waals surface area contributed by atoms with Crippen LogP contribution < -0.4 is 4.74 Å². The zero-order valence-corrected chi connectivity index (χ0v) is 14.7. The third kappa shape index (κ3) is 7.00. The first-order valence-corrected chi connectivity index (χ1v) is 8.22. The van der Waals surface area contributed by atoms with E-state index in [0.717, 1.165) is 11.1 Å². The molecule has 1 rings (SSSR count). The van der Waals surface area contributed by atoms with Crippen LogP contribution in [0.2, 0.25) is 0 Å². The molecule has 6 nitrogen and oxygen atoms in total. The van der Waals surface area contributed by atoms with Crippen molar-refractivity contribution < 1.29 is 24.2 Å². The molecule has 0 saturated heterocycles. The fraction of sp³-hybridized carbons (Fsp3) is 0.556. The van der Waals surface area contributed by atoms with E-state index in [-0.39, 0.29) is 38.1 Å². The van der Waals surface area contributed by atoms with Gasteiger partial charge in [0, 0.05) is 19.7 Å². The molecule has 0 fully saturated rings. The lowest BCUT2D eigenvalue weighted by Crippen LogP contribution is -2.37. The topological polar surface area (TPSA) is 76.1 Å². The lowest BCUT2D eigenvalue weighted by atomic mass is 10.1. The summed E-state index contributed by atoms with van der Waals surface area (Å²) in [4.78, 5) is 25.3. The standard InChI is InChI=1S/C18H27NO5/c1-4-23-18(22)8-10-19(9-5-11-20)17(21)13-24-16-12-14(2)6-7-15(16)3/h6-7,12,20H,4-5,8-11,13H2,1-3H3. The maximum Gasteiger partial charge on any atom is 0.307 e. The Bertz CT molecular complexity index is 544. The van der Waals surface area contributed by atoms with Crippen molar-refractivity contribution in [3.8, 4) is 5.75 Å². The molecule has 0 radical (unpaired) electrons. The molecule has 6 heteroatoms. The molecule has 1 N–H and O–H groups in total. The molecule has 0 aromatic heterocycles. The van der Waals surface area contributed by atoms with Crippen molar-refractivity contribution >= 4 is 11.9 Å². The number of benzene rings is 1. The van der Waals surface area contributed by atoms with Crippen LogP contribution in [0.15, 0.2) is 18.2 Å². The van der Waals surface area contributed by atoms with E-state index < -0.39 is 0 Å². The summed E-state index contributed by atoms with van der Waals surface area (Å²) in [7, 11) is 0. The minimum Gasteiger partial charge on any atom is -0.483 e. The number of hydrogen-bond donors (Lipinski definition) is 1.